The molecule has 0 amide bonds. The molecule has 2 nitrogen and oxygen atoms in total. The third-order valence-electron chi connectivity index (χ3n) is 4.11. The number of nitrogens with one attached hydrogen (secondary N) is 1. The van der Waals surface area contributed by atoms with Crippen molar-refractivity contribution in [2.24, 2.45) is 5.92 Å². The van der Waals surface area contributed by atoms with Crippen LogP contribution in [-0.2, 0) is 4.74 Å². The number of ether oxygens (including phenoxy) is 1. The van der Waals surface area contributed by atoms with Gasteiger partial charge in [-0.25, -0.2) is 0 Å². The third kappa shape index (κ3) is 4.46. The summed E-state index contributed by atoms with van der Waals surface area (Å²) in [5, 5.41) is 4.65. The second-order valence-electron chi connectivity index (χ2n) is 5.35. The Labute approximate surface area is 110 Å². The van der Waals surface area contributed by atoms with Crippen LogP contribution in [0.3, 0.4) is 0 Å². The van der Waals surface area contributed by atoms with Crippen molar-refractivity contribution in [1.82, 2.24) is 5.32 Å². The Morgan fingerprint density at radius 3 is 2.53 bits per heavy atom. The molecule has 100 valence electrons. The first-order valence-corrected chi connectivity index (χ1v) is 8.37. The highest BCUT2D eigenvalue weighted by Crippen LogP contribution is 2.31. The Morgan fingerprint density at radius 1 is 1.18 bits per heavy atom. The van der Waals surface area contributed by atoms with Gasteiger partial charge in [0.1, 0.15) is 0 Å². The summed E-state index contributed by atoms with van der Waals surface area (Å²) in [6, 6.07) is 0.717. The van der Waals surface area contributed by atoms with Gasteiger partial charge in [0.05, 0.1) is 0 Å². The molecule has 0 radical (unpaired) electrons. The quantitative estimate of drug-likeness (QED) is 0.790. The predicted octanol–water partition coefficient (Wildman–Crippen LogP) is 3.07. The van der Waals surface area contributed by atoms with Crippen LogP contribution in [0.5, 0.6) is 0 Å². The van der Waals surface area contributed by atoms with E-state index in [0.29, 0.717) is 0 Å². The predicted molar refractivity (Wildman–Crippen MR) is 75.7 cm³/mol. The molecule has 3 heteroatoms. The number of hydrogen-bond donors (Lipinski definition) is 1. The average Bonchev–Trinajstić information content (AvgIpc) is 2.88. The van der Waals surface area contributed by atoms with Crippen LogP contribution in [0.15, 0.2) is 0 Å². The highest BCUT2D eigenvalue weighted by molar-refractivity contribution is 7.99. The Morgan fingerprint density at radius 2 is 1.88 bits per heavy atom. The summed E-state index contributed by atoms with van der Waals surface area (Å²) in [5.74, 6) is 2.15. The Bertz CT molecular complexity index is 200. The van der Waals surface area contributed by atoms with E-state index in [0.717, 1.165) is 37.0 Å². The number of rotatable bonds is 6. The highest BCUT2D eigenvalue weighted by Gasteiger charge is 2.25. The summed E-state index contributed by atoms with van der Waals surface area (Å²) in [6.45, 7) is 5.28. The van der Waals surface area contributed by atoms with E-state index in [9.17, 15) is 0 Å². The van der Waals surface area contributed by atoms with Crippen LogP contribution in [0.25, 0.3) is 0 Å². The molecule has 1 unspecified atom stereocenters. The normalized spacial score (nSPS) is 25.2. The maximum absolute atomic E-state index is 5.47. The lowest BCUT2D eigenvalue weighted by Crippen LogP contribution is -2.41. The van der Waals surface area contributed by atoms with E-state index in [2.05, 4.69) is 24.0 Å². The van der Waals surface area contributed by atoms with Gasteiger partial charge >= 0.3 is 0 Å². The molecule has 0 aromatic rings. The van der Waals surface area contributed by atoms with Crippen molar-refractivity contribution < 1.29 is 4.74 Å². The van der Waals surface area contributed by atoms with Gasteiger partial charge in [-0.05, 0) is 38.1 Å². The summed E-state index contributed by atoms with van der Waals surface area (Å²) in [4.78, 5) is 0. The molecule has 17 heavy (non-hydrogen) atoms. The zero-order chi connectivity index (χ0) is 11.9. The zero-order valence-corrected chi connectivity index (χ0v) is 11.9. The van der Waals surface area contributed by atoms with Gasteiger partial charge in [0.25, 0.3) is 0 Å². The van der Waals surface area contributed by atoms with Crippen LogP contribution < -0.4 is 5.32 Å². The molecule has 1 N–H and O–H groups in total. The number of hydrogen-bond acceptors (Lipinski definition) is 3. The fraction of sp³-hybridized carbons (Fsp3) is 1.00. The number of thioether (sulfide) groups is 1. The van der Waals surface area contributed by atoms with Crippen molar-refractivity contribution in [2.75, 3.05) is 25.5 Å². The minimum atomic E-state index is 0.717. The van der Waals surface area contributed by atoms with E-state index in [1.54, 1.807) is 0 Å². The molecule has 2 fully saturated rings. The van der Waals surface area contributed by atoms with Crippen LogP contribution in [0, 0.1) is 5.92 Å². The Balaban J connectivity index is 1.74. The van der Waals surface area contributed by atoms with E-state index in [1.807, 2.05) is 0 Å². The average molecular weight is 257 g/mol. The van der Waals surface area contributed by atoms with Gasteiger partial charge in [-0.2, -0.15) is 11.8 Å². The first-order chi connectivity index (χ1) is 8.40. The lowest BCUT2D eigenvalue weighted by atomic mass is 9.93. The largest absolute Gasteiger partial charge is 0.381 e. The minimum Gasteiger partial charge on any atom is -0.381 e. The third-order valence-corrected chi connectivity index (χ3v) is 5.61. The molecule has 2 rings (SSSR count). The van der Waals surface area contributed by atoms with Gasteiger partial charge < -0.3 is 10.1 Å². The minimum absolute atomic E-state index is 0.717. The molecule has 1 aliphatic carbocycles. The first kappa shape index (κ1) is 13.7. The van der Waals surface area contributed by atoms with Crippen LogP contribution in [0.1, 0.15) is 45.4 Å². The lowest BCUT2D eigenvalue weighted by Gasteiger charge is -2.31. The first-order valence-electron chi connectivity index (χ1n) is 7.33. The fourth-order valence-corrected chi connectivity index (χ4v) is 4.57. The molecule has 2 aliphatic rings. The second kappa shape index (κ2) is 7.65. The molecule has 0 aromatic carbocycles. The summed E-state index contributed by atoms with van der Waals surface area (Å²) in [7, 11) is 0. The van der Waals surface area contributed by atoms with Gasteiger partial charge in [0, 0.05) is 30.3 Å². The molecule has 0 spiro atoms. The van der Waals surface area contributed by atoms with Crippen LogP contribution in [0.2, 0.25) is 0 Å². The molecular formula is C14H27NOS. The second-order valence-corrected chi connectivity index (χ2v) is 6.69. The molecule has 1 saturated carbocycles. The van der Waals surface area contributed by atoms with E-state index < -0.39 is 0 Å². The molecular weight excluding hydrogens is 230 g/mol. The van der Waals surface area contributed by atoms with Gasteiger partial charge in [0.15, 0.2) is 0 Å². The van der Waals surface area contributed by atoms with E-state index >= 15 is 0 Å². The molecule has 1 heterocycles. The topological polar surface area (TPSA) is 21.3 Å². The van der Waals surface area contributed by atoms with Gasteiger partial charge in [0.2, 0.25) is 0 Å². The van der Waals surface area contributed by atoms with Crippen molar-refractivity contribution in [1.29, 1.82) is 0 Å². The van der Waals surface area contributed by atoms with Crippen LogP contribution >= 0.6 is 11.8 Å². The van der Waals surface area contributed by atoms with Gasteiger partial charge in [-0.3, -0.25) is 0 Å². The molecule has 0 aromatic heterocycles. The van der Waals surface area contributed by atoms with Crippen molar-refractivity contribution in [3.63, 3.8) is 0 Å². The van der Waals surface area contributed by atoms with Gasteiger partial charge in [-0.15, -0.1) is 0 Å². The SMILES string of the molecule is CCNC(CSC1CCCC1)C1CCOCC1. The monoisotopic (exact) mass is 257 g/mol. The van der Waals surface area contributed by atoms with E-state index in [-0.39, 0.29) is 0 Å². The van der Waals surface area contributed by atoms with Gasteiger partial charge in [-0.1, -0.05) is 19.8 Å². The molecule has 0 bridgehead atoms. The summed E-state index contributed by atoms with van der Waals surface area (Å²) >= 11 is 2.22. The van der Waals surface area contributed by atoms with E-state index in [4.69, 9.17) is 4.74 Å². The van der Waals surface area contributed by atoms with Crippen molar-refractivity contribution in [3.8, 4) is 0 Å². The summed E-state index contributed by atoms with van der Waals surface area (Å²) in [5.41, 5.74) is 0. The maximum atomic E-state index is 5.47. The van der Waals surface area contributed by atoms with Crippen LogP contribution in [0.4, 0.5) is 0 Å². The smallest absolute Gasteiger partial charge is 0.0469 e. The molecule has 1 atom stereocenters. The van der Waals surface area contributed by atoms with Crippen molar-refractivity contribution in [2.45, 2.75) is 56.7 Å². The maximum Gasteiger partial charge on any atom is 0.0469 e. The summed E-state index contributed by atoms with van der Waals surface area (Å²) in [6.07, 6.45) is 8.34. The Kier molecular flexibility index (Phi) is 6.16. The zero-order valence-electron chi connectivity index (χ0n) is 11.1. The Hall–Kier alpha value is 0.270. The van der Waals surface area contributed by atoms with Crippen LogP contribution in [-0.4, -0.2) is 36.8 Å². The fourth-order valence-electron chi connectivity index (χ4n) is 3.04. The molecule has 1 saturated heterocycles. The van der Waals surface area contributed by atoms with E-state index in [1.165, 1.54) is 44.3 Å². The van der Waals surface area contributed by atoms with Crippen molar-refractivity contribution in [3.05, 3.63) is 0 Å². The standard InChI is InChI=1S/C14H27NOS/c1-2-15-14(12-7-9-16-10-8-12)11-17-13-5-3-4-6-13/h12-15H,2-11H2,1H3. The lowest BCUT2D eigenvalue weighted by molar-refractivity contribution is 0.0568. The highest BCUT2D eigenvalue weighted by atomic mass is 32.2. The molecule has 1 aliphatic heterocycles. The van der Waals surface area contributed by atoms with Crippen molar-refractivity contribution >= 4 is 11.8 Å². The summed E-state index contributed by atoms with van der Waals surface area (Å²) < 4.78 is 5.47.